The van der Waals surface area contributed by atoms with E-state index in [1.807, 2.05) is 12.2 Å². The molecule has 164 valence electrons. The smallest absolute Gasteiger partial charge is 0.331 e. The number of ether oxygens (including phenoxy) is 1. The summed E-state index contributed by atoms with van der Waals surface area (Å²) in [6, 6.07) is 0. The Balaban J connectivity index is 1.53. The Bertz CT molecular complexity index is 867. The maximum atomic E-state index is 12.7. The fourth-order valence-electron chi connectivity index (χ4n) is 9.45. The fourth-order valence-corrected chi connectivity index (χ4v) is 9.45. The summed E-state index contributed by atoms with van der Waals surface area (Å²) in [6.07, 6.45) is 14.9. The molecule has 3 heteroatoms. The zero-order valence-electron chi connectivity index (χ0n) is 19.6. The van der Waals surface area contributed by atoms with Gasteiger partial charge in [0.2, 0.25) is 0 Å². The molecule has 1 aliphatic heterocycles. The predicted molar refractivity (Wildman–Crippen MR) is 118 cm³/mol. The number of hydrogen-bond donors (Lipinski definition) is 0. The van der Waals surface area contributed by atoms with Gasteiger partial charge in [0, 0.05) is 17.4 Å². The number of cyclic esters (lactones) is 1. The van der Waals surface area contributed by atoms with Crippen LogP contribution in [-0.2, 0) is 14.3 Å². The third kappa shape index (κ3) is 2.28. The van der Waals surface area contributed by atoms with Crippen molar-refractivity contribution in [1.82, 2.24) is 0 Å². The summed E-state index contributed by atoms with van der Waals surface area (Å²) < 4.78 is 5.84. The van der Waals surface area contributed by atoms with Crippen LogP contribution >= 0.6 is 0 Å². The molecule has 3 nitrogen and oxygen atoms in total. The molecule has 4 aliphatic carbocycles. The zero-order chi connectivity index (χ0) is 21.7. The maximum absolute atomic E-state index is 12.7. The SMILES string of the molecule is CC1(C)C(=O)C=C[C@@]2(C)[C@H]1CC[C@]1(C)[C@H]2CC[C@@H]2[C@@H]([C@]3(C)C=CC(=O)O3)CC[C@]21C. The third-order valence-electron chi connectivity index (χ3n) is 11.3. The number of rotatable bonds is 1. The molecule has 0 spiro atoms. The van der Waals surface area contributed by atoms with E-state index in [1.165, 1.54) is 25.7 Å². The quantitative estimate of drug-likeness (QED) is 0.506. The molecule has 0 N–H and O–H groups in total. The van der Waals surface area contributed by atoms with Crippen LogP contribution in [0.15, 0.2) is 24.3 Å². The minimum atomic E-state index is -0.442. The summed E-state index contributed by atoms with van der Waals surface area (Å²) in [5.74, 6) is 2.14. The number of allylic oxidation sites excluding steroid dienone is 2. The second-order valence-electron chi connectivity index (χ2n) is 12.5. The Morgan fingerprint density at radius 3 is 2.13 bits per heavy atom. The summed E-state index contributed by atoms with van der Waals surface area (Å²) in [6.45, 7) is 14.0. The first-order valence-electron chi connectivity index (χ1n) is 12.0. The van der Waals surface area contributed by atoms with Gasteiger partial charge in [0.05, 0.1) is 0 Å². The lowest BCUT2D eigenvalue weighted by molar-refractivity contribution is -0.185. The van der Waals surface area contributed by atoms with Crippen LogP contribution in [0, 0.1) is 45.3 Å². The number of fused-ring (bicyclic) bond motifs is 5. The molecule has 0 aromatic heterocycles. The Labute approximate surface area is 181 Å². The molecule has 0 unspecified atom stereocenters. The second-order valence-corrected chi connectivity index (χ2v) is 12.5. The van der Waals surface area contributed by atoms with Crippen LogP contribution in [0.1, 0.15) is 80.1 Å². The molecule has 5 aliphatic rings. The van der Waals surface area contributed by atoms with Crippen LogP contribution in [0.4, 0.5) is 0 Å². The Kier molecular flexibility index (Phi) is 4.03. The maximum Gasteiger partial charge on any atom is 0.331 e. The fraction of sp³-hybridized carbons (Fsp3) is 0.778. The number of hydrogen-bond acceptors (Lipinski definition) is 3. The van der Waals surface area contributed by atoms with Crippen molar-refractivity contribution < 1.29 is 14.3 Å². The molecular weight excluding hydrogens is 372 g/mol. The second kappa shape index (κ2) is 5.90. The standard InChI is InChI=1S/C27H38O3/c1-23(2)19-10-15-26(5)20(24(19,3)13-11-21(23)28)8-7-17-18(9-14-25(17,26)4)27(6)16-12-22(29)30-27/h11-13,16-20H,7-10,14-15H2,1-6H3/t17-,18+,19+,20+,24+,25-,26-,27+/m1/s1. The van der Waals surface area contributed by atoms with Gasteiger partial charge in [-0.2, -0.15) is 0 Å². The molecule has 0 amide bonds. The van der Waals surface area contributed by atoms with Crippen LogP contribution < -0.4 is 0 Å². The number of carbonyl (C=O) groups excluding carboxylic acids is 2. The van der Waals surface area contributed by atoms with E-state index in [1.54, 1.807) is 6.08 Å². The highest BCUT2D eigenvalue weighted by molar-refractivity contribution is 5.95. The predicted octanol–water partition coefficient (Wildman–Crippen LogP) is 5.89. The van der Waals surface area contributed by atoms with Crippen molar-refractivity contribution in [3.63, 3.8) is 0 Å². The van der Waals surface area contributed by atoms with Crippen molar-refractivity contribution in [2.75, 3.05) is 0 Å². The van der Waals surface area contributed by atoms with Gasteiger partial charge >= 0.3 is 5.97 Å². The van der Waals surface area contributed by atoms with Crippen molar-refractivity contribution in [2.45, 2.75) is 85.7 Å². The van der Waals surface area contributed by atoms with E-state index in [2.05, 4.69) is 47.6 Å². The average Bonchev–Trinajstić information content (AvgIpc) is 3.20. The zero-order valence-corrected chi connectivity index (χ0v) is 19.6. The number of esters is 1. The van der Waals surface area contributed by atoms with Crippen molar-refractivity contribution >= 4 is 11.8 Å². The van der Waals surface area contributed by atoms with Crippen LogP contribution in [0.25, 0.3) is 0 Å². The van der Waals surface area contributed by atoms with Crippen LogP contribution in [0.2, 0.25) is 0 Å². The van der Waals surface area contributed by atoms with Crippen LogP contribution in [-0.4, -0.2) is 17.4 Å². The van der Waals surface area contributed by atoms with Crippen molar-refractivity contribution in [2.24, 2.45) is 45.3 Å². The minimum absolute atomic E-state index is 0.0834. The highest BCUT2D eigenvalue weighted by atomic mass is 16.6. The number of carbonyl (C=O) groups is 2. The molecule has 30 heavy (non-hydrogen) atoms. The van der Waals surface area contributed by atoms with Gasteiger partial charge in [-0.1, -0.05) is 40.7 Å². The third-order valence-corrected chi connectivity index (χ3v) is 11.3. The van der Waals surface area contributed by atoms with Gasteiger partial charge in [0.15, 0.2) is 5.78 Å². The molecule has 5 rings (SSSR count). The molecule has 3 saturated carbocycles. The molecule has 0 aromatic carbocycles. The van der Waals surface area contributed by atoms with Crippen molar-refractivity contribution in [3.8, 4) is 0 Å². The highest BCUT2D eigenvalue weighted by Gasteiger charge is 2.69. The Morgan fingerprint density at radius 2 is 1.47 bits per heavy atom. The van der Waals surface area contributed by atoms with Gasteiger partial charge in [-0.05, 0) is 91.6 Å². The van der Waals surface area contributed by atoms with E-state index >= 15 is 0 Å². The minimum Gasteiger partial charge on any atom is -0.452 e. The first-order valence-corrected chi connectivity index (χ1v) is 12.0. The van der Waals surface area contributed by atoms with Crippen LogP contribution in [0.5, 0.6) is 0 Å². The normalized spacial score (nSPS) is 53.8. The summed E-state index contributed by atoms with van der Waals surface area (Å²) in [5.41, 5.74) is -0.126. The van der Waals surface area contributed by atoms with Gasteiger partial charge in [0.1, 0.15) is 5.60 Å². The van der Waals surface area contributed by atoms with Crippen LogP contribution in [0.3, 0.4) is 0 Å². The van der Waals surface area contributed by atoms with E-state index in [-0.39, 0.29) is 27.6 Å². The lowest BCUT2D eigenvalue weighted by Gasteiger charge is -2.68. The first kappa shape index (κ1) is 20.5. The summed E-state index contributed by atoms with van der Waals surface area (Å²) in [7, 11) is 0. The molecule has 1 heterocycles. The molecule has 8 atom stereocenters. The van der Waals surface area contributed by atoms with E-state index in [0.717, 1.165) is 12.8 Å². The van der Waals surface area contributed by atoms with Crippen molar-refractivity contribution in [3.05, 3.63) is 24.3 Å². The molecule has 0 bridgehead atoms. The van der Waals surface area contributed by atoms with Gasteiger partial charge < -0.3 is 4.74 Å². The molecule has 3 fully saturated rings. The van der Waals surface area contributed by atoms with E-state index in [9.17, 15) is 9.59 Å². The average molecular weight is 411 g/mol. The topological polar surface area (TPSA) is 43.4 Å². The van der Waals surface area contributed by atoms with E-state index in [0.29, 0.717) is 29.5 Å². The monoisotopic (exact) mass is 410 g/mol. The summed E-state index contributed by atoms with van der Waals surface area (Å²) in [5, 5.41) is 0. The van der Waals surface area contributed by atoms with E-state index < -0.39 is 5.60 Å². The summed E-state index contributed by atoms with van der Waals surface area (Å²) in [4.78, 5) is 24.6. The van der Waals surface area contributed by atoms with E-state index in [4.69, 9.17) is 4.74 Å². The molecule has 0 saturated heterocycles. The Hall–Kier alpha value is -1.38. The Morgan fingerprint density at radius 1 is 0.767 bits per heavy atom. The lowest BCUT2D eigenvalue weighted by atomic mass is 9.36. The molecule has 0 radical (unpaired) electrons. The van der Waals surface area contributed by atoms with Gasteiger partial charge in [-0.15, -0.1) is 0 Å². The van der Waals surface area contributed by atoms with Gasteiger partial charge in [-0.25, -0.2) is 4.79 Å². The molecule has 0 aromatic rings. The van der Waals surface area contributed by atoms with Gasteiger partial charge in [0.25, 0.3) is 0 Å². The number of ketones is 1. The highest BCUT2D eigenvalue weighted by Crippen LogP contribution is 2.75. The van der Waals surface area contributed by atoms with Gasteiger partial charge in [-0.3, -0.25) is 4.79 Å². The summed E-state index contributed by atoms with van der Waals surface area (Å²) >= 11 is 0. The lowest BCUT2D eigenvalue weighted by Crippen LogP contribution is -2.62. The molecular formula is C27H38O3. The van der Waals surface area contributed by atoms with Crippen molar-refractivity contribution in [1.29, 1.82) is 0 Å². The first-order chi connectivity index (χ1) is 13.9. The largest absolute Gasteiger partial charge is 0.452 e.